The molecule has 0 aromatic heterocycles. The van der Waals surface area contributed by atoms with Crippen LogP contribution < -0.4 is 5.73 Å². The molecule has 0 aliphatic carbocycles. The van der Waals surface area contributed by atoms with Gasteiger partial charge in [0.1, 0.15) is 0 Å². The molecule has 106 valence electrons. The lowest BCUT2D eigenvalue weighted by atomic mass is 9.71. The molecular weight excluding hydrogens is 232 g/mol. The van der Waals surface area contributed by atoms with Crippen molar-refractivity contribution >= 4 is 0 Å². The van der Waals surface area contributed by atoms with Crippen LogP contribution in [-0.4, -0.2) is 24.5 Å². The highest BCUT2D eigenvalue weighted by atomic mass is 15.2. The van der Waals surface area contributed by atoms with Crippen molar-refractivity contribution in [2.45, 2.75) is 39.7 Å². The van der Waals surface area contributed by atoms with E-state index < -0.39 is 0 Å². The molecule has 2 N–H and O–H groups in total. The van der Waals surface area contributed by atoms with Crippen LogP contribution in [0, 0.1) is 11.3 Å². The predicted molar refractivity (Wildman–Crippen MR) is 82.0 cm³/mol. The summed E-state index contributed by atoms with van der Waals surface area (Å²) < 4.78 is 0. The molecule has 1 fully saturated rings. The predicted octanol–water partition coefficient (Wildman–Crippen LogP) is 3.44. The fraction of sp³-hybridized carbons (Fsp3) is 0.647. The monoisotopic (exact) mass is 260 g/mol. The van der Waals surface area contributed by atoms with Crippen LogP contribution in [-0.2, 0) is 0 Å². The van der Waals surface area contributed by atoms with Crippen LogP contribution in [0.15, 0.2) is 30.3 Å². The van der Waals surface area contributed by atoms with Gasteiger partial charge < -0.3 is 5.73 Å². The average Bonchev–Trinajstić information content (AvgIpc) is 2.41. The Bertz CT molecular complexity index is 386. The van der Waals surface area contributed by atoms with Crippen molar-refractivity contribution in [1.29, 1.82) is 0 Å². The third-order valence-electron chi connectivity index (χ3n) is 4.95. The average molecular weight is 260 g/mol. The second kappa shape index (κ2) is 6.06. The Hall–Kier alpha value is -0.860. The zero-order valence-electron chi connectivity index (χ0n) is 12.6. The SMILES string of the molecule is CC(c1ccccc1)N1CCC(C)(C)C(CCN)C1. The van der Waals surface area contributed by atoms with Gasteiger partial charge in [0.2, 0.25) is 0 Å². The van der Waals surface area contributed by atoms with Gasteiger partial charge in [-0.3, -0.25) is 4.90 Å². The van der Waals surface area contributed by atoms with Gasteiger partial charge >= 0.3 is 0 Å². The van der Waals surface area contributed by atoms with E-state index in [1.165, 1.54) is 25.1 Å². The van der Waals surface area contributed by atoms with E-state index in [1.807, 2.05) is 0 Å². The topological polar surface area (TPSA) is 29.3 Å². The van der Waals surface area contributed by atoms with E-state index in [9.17, 15) is 0 Å². The first-order valence-electron chi connectivity index (χ1n) is 7.53. The van der Waals surface area contributed by atoms with Crippen LogP contribution in [0.1, 0.15) is 45.2 Å². The summed E-state index contributed by atoms with van der Waals surface area (Å²) in [6.45, 7) is 10.3. The van der Waals surface area contributed by atoms with Gasteiger partial charge in [-0.1, -0.05) is 44.2 Å². The Kier molecular flexibility index (Phi) is 4.64. The van der Waals surface area contributed by atoms with Gasteiger partial charge in [0, 0.05) is 12.6 Å². The molecule has 2 unspecified atom stereocenters. The third-order valence-corrected chi connectivity index (χ3v) is 4.95. The quantitative estimate of drug-likeness (QED) is 0.898. The van der Waals surface area contributed by atoms with Crippen molar-refractivity contribution in [3.05, 3.63) is 35.9 Å². The number of nitrogens with two attached hydrogens (primary N) is 1. The van der Waals surface area contributed by atoms with Gasteiger partial charge in [-0.15, -0.1) is 0 Å². The van der Waals surface area contributed by atoms with E-state index in [0.717, 1.165) is 18.9 Å². The maximum Gasteiger partial charge on any atom is 0.0319 e. The fourth-order valence-corrected chi connectivity index (χ4v) is 3.23. The number of rotatable bonds is 4. The summed E-state index contributed by atoms with van der Waals surface area (Å²) in [6, 6.07) is 11.4. The minimum atomic E-state index is 0.437. The third kappa shape index (κ3) is 3.37. The standard InChI is InChI=1S/C17H28N2/c1-14(15-7-5-4-6-8-15)19-12-10-17(2,3)16(13-19)9-11-18/h4-8,14,16H,9-13,18H2,1-3H3. The Morgan fingerprint density at radius 2 is 2.00 bits per heavy atom. The molecule has 2 atom stereocenters. The van der Waals surface area contributed by atoms with Crippen LogP contribution >= 0.6 is 0 Å². The summed E-state index contributed by atoms with van der Waals surface area (Å²) in [7, 11) is 0. The molecule has 1 aromatic carbocycles. The number of nitrogens with zero attached hydrogens (tertiary/aromatic N) is 1. The molecule has 0 saturated carbocycles. The van der Waals surface area contributed by atoms with E-state index in [4.69, 9.17) is 5.73 Å². The lowest BCUT2D eigenvalue weighted by Crippen LogP contribution is -2.46. The van der Waals surface area contributed by atoms with E-state index >= 15 is 0 Å². The Labute approximate surface area is 118 Å². The highest BCUT2D eigenvalue weighted by Crippen LogP contribution is 2.39. The molecule has 1 aliphatic heterocycles. The maximum atomic E-state index is 5.79. The minimum Gasteiger partial charge on any atom is -0.330 e. The first kappa shape index (κ1) is 14.5. The molecule has 0 spiro atoms. The second-order valence-corrected chi connectivity index (χ2v) is 6.59. The summed E-state index contributed by atoms with van der Waals surface area (Å²) in [6.07, 6.45) is 2.42. The Morgan fingerprint density at radius 1 is 1.32 bits per heavy atom. The molecule has 1 aliphatic rings. The number of likely N-dealkylation sites (tertiary alicyclic amines) is 1. The summed E-state index contributed by atoms with van der Waals surface area (Å²) in [5.74, 6) is 0.720. The summed E-state index contributed by atoms with van der Waals surface area (Å²) >= 11 is 0. The lowest BCUT2D eigenvalue weighted by Gasteiger charge is -2.46. The van der Waals surface area contributed by atoms with Gasteiger partial charge in [-0.25, -0.2) is 0 Å². The highest BCUT2D eigenvalue weighted by molar-refractivity contribution is 5.18. The molecule has 0 radical (unpaired) electrons. The second-order valence-electron chi connectivity index (χ2n) is 6.59. The van der Waals surface area contributed by atoms with Crippen molar-refractivity contribution in [2.75, 3.05) is 19.6 Å². The van der Waals surface area contributed by atoms with Crippen LogP contribution in [0.5, 0.6) is 0 Å². The number of piperidine rings is 1. The summed E-state index contributed by atoms with van der Waals surface area (Å²) in [5, 5.41) is 0. The van der Waals surface area contributed by atoms with Crippen LogP contribution in [0.4, 0.5) is 0 Å². The molecular formula is C17H28N2. The maximum absolute atomic E-state index is 5.79. The molecule has 0 amide bonds. The van der Waals surface area contributed by atoms with E-state index in [-0.39, 0.29) is 0 Å². The molecule has 2 nitrogen and oxygen atoms in total. The highest BCUT2D eigenvalue weighted by Gasteiger charge is 2.36. The number of benzene rings is 1. The van der Waals surface area contributed by atoms with Crippen LogP contribution in [0.25, 0.3) is 0 Å². The van der Waals surface area contributed by atoms with Crippen LogP contribution in [0.2, 0.25) is 0 Å². The largest absolute Gasteiger partial charge is 0.330 e. The first-order valence-corrected chi connectivity index (χ1v) is 7.53. The van der Waals surface area contributed by atoms with E-state index in [1.54, 1.807) is 0 Å². The Balaban J connectivity index is 2.06. The van der Waals surface area contributed by atoms with E-state index in [2.05, 4.69) is 56.0 Å². The van der Waals surface area contributed by atoms with Crippen molar-refractivity contribution < 1.29 is 0 Å². The van der Waals surface area contributed by atoms with Crippen molar-refractivity contribution in [1.82, 2.24) is 4.90 Å². The number of hydrogen-bond donors (Lipinski definition) is 1. The van der Waals surface area contributed by atoms with Gasteiger partial charge in [0.25, 0.3) is 0 Å². The molecule has 2 heteroatoms. The molecule has 19 heavy (non-hydrogen) atoms. The molecule has 0 bridgehead atoms. The van der Waals surface area contributed by atoms with Crippen molar-refractivity contribution in [3.8, 4) is 0 Å². The van der Waals surface area contributed by atoms with Crippen molar-refractivity contribution in [3.63, 3.8) is 0 Å². The number of hydrogen-bond acceptors (Lipinski definition) is 2. The van der Waals surface area contributed by atoms with Crippen LogP contribution in [0.3, 0.4) is 0 Å². The van der Waals surface area contributed by atoms with Gasteiger partial charge in [-0.05, 0) is 49.8 Å². The van der Waals surface area contributed by atoms with Gasteiger partial charge in [-0.2, -0.15) is 0 Å². The normalized spacial score (nSPS) is 25.2. The summed E-state index contributed by atoms with van der Waals surface area (Å²) in [5.41, 5.74) is 7.66. The summed E-state index contributed by atoms with van der Waals surface area (Å²) in [4.78, 5) is 2.63. The fourth-order valence-electron chi connectivity index (χ4n) is 3.23. The molecule has 1 heterocycles. The zero-order chi connectivity index (χ0) is 13.9. The van der Waals surface area contributed by atoms with E-state index in [0.29, 0.717) is 11.5 Å². The minimum absolute atomic E-state index is 0.437. The van der Waals surface area contributed by atoms with Gasteiger partial charge in [0.15, 0.2) is 0 Å². The zero-order valence-corrected chi connectivity index (χ0v) is 12.6. The first-order chi connectivity index (χ1) is 9.04. The molecule has 1 aromatic rings. The van der Waals surface area contributed by atoms with Gasteiger partial charge in [0.05, 0.1) is 0 Å². The molecule has 1 saturated heterocycles. The molecule has 2 rings (SSSR count). The van der Waals surface area contributed by atoms with Crippen molar-refractivity contribution in [2.24, 2.45) is 17.1 Å². The lowest BCUT2D eigenvalue weighted by molar-refractivity contribution is 0.0344. The smallest absolute Gasteiger partial charge is 0.0319 e. The Morgan fingerprint density at radius 3 is 2.63 bits per heavy atom.